The Hall–Kier alpha value is -2.89. The summed E-state index contributed by atoms with van der Waals surface area (Å²) in [6.45, 7) is 5.75. The summed E-state index contributed by atoms with van der Waals surface area (Å²) in [7, 11) is 0. The van der Waals surface area contributed by atoms with Gasteiger partial charge in [0.1, 0.15) is 6.61 Å². The van der Waals surface area contributed by atoms with Crippen LogP contribution in [0.1, 0.15) is 19.4 Å². The fourth-order valence-electron chi connectivity index (χ4n) is 3.28. The van der Waals surface area contributed by atoms with E-state index < -0.39 is 6.10 Å². The molecule has 2 aromatic carbocycles. The van der Waals surface area contributed by atoms with Gasteiger partial charge in [0.2, 0.25) is 12.9 Å². The second-order valence-electron chi connectivity index (χ2n) is 7.16. The Morgan fingerprint density at radius 3 is 2.59 bits per heavy atom. The number of rotatable bonds is 5. The van der Waals surface area contributed by atoms with E-state index in [1.54, 1.807) is 0 Å². The van der Waals surface area contributed by atoms with Gasteiger partial charge in [-0.3, -0.25) is 4.79 Å². The van der Waals surface area contributed by atoms with Gasteiger partial charge >= 0.3 is 0 Å². The third kappa shape index (κ3) is 3.79. The predicted molar refractivity (Wildman–Crippen MR) is 99.2 cm³/mol. The molecule has 2 heterocycles. The summed E-state index contributed by atoms with van der Waals surface area (Å²) in [5, 5.41) is 0. The van der Waals surface area contributed by atoms with Gasteiger partial charge in [-0.05, 0) is 35.7 Å². The molecule has 0 N–H and O–H groups in total. The largest absolute Gasteiger partial charge is 0.485 e. The Morgan fingerprint density at radius 1 is 1.04 bits per heavy atom. The van der Waals surface area contributed by atoms with Crippen molar-refractivity contribution in [2.75, 3.05) is 19.9 Å². The van der Waals surface area contributed by atoms with Crippen molar-refractivity contribution in [2.45, 2.75) is 26.5 Å². The van der Waals surface area contributed by atoms with Crippen molar-refractivity contribution >= 4 is 5.91 Å². The number of para-hydroxylation sites is 2. The average Bonchev–Trinajstić information content (AvgIpc) is 3.14. The molecule has 2 aromatic rings. The quantitative estimate of drug-likeness (QED) is 0.810. The van der Waals surface area contributed by atoms with Gasteiger partial charge in [0.25, 0.3) is 5.91 Å². The first kappa shape index (κ1) is 17.5. The molecular weight excluding hydrogens is 346 g/mol. The van der Waals surface area contributed by atoms with E-state index in [4.69, 9.17) is 18.9 Å². The number of carbonyl (C=O) groups excluding carboxylic acids is 1. The van der Waals surface area contributed by atoms with E-state index in [0.717, 1.165) is 17.1 Å². The Bertz CT molecular complexity index is 835. The summed E-state index contributed by atoms with van der Waals surface area (Å²) < 4.78 is 22.4. The zero-order valence-electron chi connectivity index (χ0n) is 15.5. The molecule has 0 saturated heterocycles. The van der Waals surface area contributed by atoms with E-state index >= 15 is 0 Å². The van der Waals surface area contributed by atoms with Gasteiger partial charge in [-0.15, -0.1) is 0 Å². The Balaban J connectivity index is 1.50. The highest BCUT2D eigenvalue weighted by atomic mass is 16.7. The maximum Gasteiger partial charge on any atom is 0.267 e. The predicted octanol–water partition coefficient (Wildman–Crippen LogP) is 3.24. The molecule has 0 aliphatic carbocycles. The number of nitrogens with zero attached hydrogens (tertiary/aromatic N) is 1. The molecular formula is C21H23NO5. The van der Waals surface area contributed by atoms with Crippen LogP contribution in [0, 0.1) is 5.92 Å². The lowest BCUT2D eigenvalue weighted by molar-refractivity contribution is -0.142. The van der Waals surface area contributed by atoms with Crippen LogP contribution >= 0.6 is 0 Å². The molecule has 6 heteroatoms. The van der Waals surface area contributed by atoms with Crippen LogP contribution in [0.15, 0.2) is 42.5 Å². The normalized spacial score (nSPS) is 17.1. The number of ether oxygens (including phenoxy) is 4. The molecule has 0 saturated carbocycles. The summed E-state index contributed by atoms with van der Waals surface area (Å²) in [5.41, 5.74) is 0.991. The zero-order chi connectivity index (χ0) is 18.8. The SMILES string of the molecule is CC(C)CN(Cc1ccc2c(c1)OCO2)C(=O)[C@H]1COc2ccccc2O1. The number of benzene rings is 2. The van der Waals surface area contributed by atoms with Gasteiger partial charge in [-0.2, -0.15) is 0 Å². The Labute approximate surface area is 158 Å². The third-order valence-electron chi connectivity index (χ3n) is 4.49. The van der Waals surface area contributed by atoms with E-state index in [-0.39, 0.29) is 19.3 Å². The molecule has 0 spiro atoms. The average molecular weight is 369 g/mol. The minimum absolute atomic E-state index is 0.0733. The molecule has 27 heavy (non-hydrogen) atoms. The molecule has 0 aromatic heterocycles. The van der Waals surface area contributed by atoms with Crippen LogP contribution in [0.5, 0.6) is 23.0 Å². The van der Waals surface area contributed by atoms with Crippen LogP contribution in [0.25, 0.3) is 0 Å². The number of hydrogen-bond acceptors (Lipinski definition) is 5. The van der Waals surface area contributed by atoms with E-state index in [1.165, 1.54) is 0 Å². The fourth-order valence-corrected chi connectivity index (χ4v) is 3.28. The maximum absolute atomic E-state index is 13.1. The smallest absolute Gasteiger partial charge is 0.267 e. The molecule has 2 aliphatic heterocycles. The van der Waals surface area contributed by atoms with Crippen LogP contribution in [0.2, 0.25) is 0 Å². The Morgan fingerprint density at radius 2 is 1.78 bits per heavy atom. The van der Waals surface area contributed by atoms with E-state index in [9.17, 15) is 4.79 Å². The number of fused-ring (bicyclic) bond motifs is 2. The molecule has 1 atom stereocenters. The van der Waals surface area contributed by atoms with Crippen LogP contribution in [-0.4, -0.2) is 36.9 Å². The second-order valence-corrected chi connectivity index (χ2v) is 7.16. The summed E-state index contributed by atoms with van der Waals surface area (Å²) in [5.74, 6) is 3.00. The van der Waals surface area contributed by atoms with Crippen molar-refractivity contribution in [2.24, 2.45) is 5.92 Å². The number of carbonyl (C=O) groups is 1. The topological polar surface area (TPSA) is 57.2 Å². The first-order valence-electron chi connectivity index (χ1n) is 9.16. The van der Waals surface area contributed by atoms with Gasteiger partial charge in [0, 0.05) is 13.1 Å². The highest BCUT2D eigenvalue weighted by Crippen LogP contribution is 2.34. The van der Waals surface area contributed by atoms with Gasteiger partial charge in [0.15, 0.2) is 23.0 Å². The molecule has 0 radical (unpaired) electrons. The molecule has 4 rings (SSSR count). The lowest BCUT2D eigenvalue weighted by Crippen LogP contribution is -2.47. The summed E-state index contributed by atoms with van der Waals surface area (Å²) in [6, 6.07) is 13.2. The van der Waals surface area contributed by atoms with Gasteiger partial charge in [-0.25, -0.2) is 0 Å². The van der Waals surface area contributed by atoms with Gasteiger partial charge in [-0.1, -0.05) is 32.0 Å². The summed E-state index contributed by atoms with van der Waals surface area (Å²) in [4.78, 5) is 15.0. The zero-order valence-corrected chi connectivity index (χ0v) is 15.5. The van der Waals surface area contributed by atoms with Crippen molar-refractivity contribution in [3.05, 3.63) is 48.0 Å². The second kappa shape index (κ2) is 7.39. The molecule has 2 aliphatic rings. The first-order chi connectivity index (χ1) is 13.1. The van der Waals surface area contributed by atoms with Crippen LogP contribution < -0.4 is 18.9 Å². The first-order valence-corrected chi connectivity index (χ1v) is 9.16. The lowest BCUT2D eigenvalue weighted by Gasteiger charge is -2.31. The van der Waals surface area contributed by atoms with Crippen molar-refractivity contribution in [1.29, 1.82) is 0 Å². The van der Waals surface area contributed by atoms with Gasteiger partial charge in [0.05, 0.1) is 0 Å². The molecule has 0 fully saturated rings. The standard InChI is InChI=1S/C21H23NO5/c1-14(2)10-22(11-15-7-8-17-19(9-15)26-13-25-17)21(23)20-12-24-16-5-3-4-6-18(16)27-20/h3-9,14,20H,10-13H2,1-2H3/t20-/m1/s1. The van der Waals surface area contributed by atoms with Crippen molar-refractivity contribution in [3.63, 3.8) is 0 Å². The maximum atomic E-state index is 13.1. The highest BCUT2D eigenvalue weighted by Gasteiger charge is 2.31. The van der Waals surface area contributed by atoms with Crippen LogP contribution in [0.3, 0.4) is 0 Å². The van der Waals surface area contributed by atoms with E-state index in [2.05, 4.69) is 13.8 Å². The summed E-state index contributed by atoms with van der Waals surface area (Å²) in [6.07, 6.45) is -0.646. The number of amides is 1. The molecule has 0 bridgehead atoms. The minimum atomic E-state index is -0.646. The fraction of sp³-hybridized carbons (Fsp3) is 0.381. The molecule has 0 unspecified atom stereocenters. The van der Waals surface area contributed by atoms with Crippen molar-refractivity contribution < 1.29 is 23.7 Å². The third-order valence-corrected chi connectivity index (χ3v) is 4.49. The minimum Gasteiger partial charge on any atom is -0.485 e. The molecule has 1 amide bonds. The monoisotopic (exact) mass is 369 g/mol. The van der Waals surface area contributed by atoms with E-state index in [1.807, 2.05) is 47.4 Å². The highest BCUT2D eigenvalue weighted by molar-refractivity contribution is 5.82. The molecule has 6 nitrogen and oxygen atoms in total. The number of hydrogen-bond donors (Lipinski definition) is 0. The van der Waals surface area contributed by atoms with Crippen LogP contribution in [0.4, 0.5) is 0 Å². The van der Waals surface area contributed by atoms with Crippen molar-refractivity contribution in [1.82, 2.24) is 4.90 Å². The Kier molecular flexibility index (Phi) is 4.79. The van der Waals surface area contributed by atoms with Gasteiger partial charge < -0.3 is 23.8 Å². The molecule has 142 valence electrons. The summed E-state index contributed by atoms with van der Waals surface area (Å²) >= 11 is 0. The lowest BCUT2D eigenvalue weighted by atomic mass is 10.1. The van der Waals surface area contributed by atoms with Crippen LogP contribution in [-0.2, 0) is 11.3 Å². The van der Waals surface area contributed by atoms with Crippen molar-refractivity contribution in [3.8, 4) is 23.0 Å². The van der Waals surface area contributed by atoms with E-state index in [0.29, 0.717) is 30.5 Å².